The Balaban J connectivity index is 2.46. The molecule has 1 aromatic rings. The average molecular weight is 207 g/mol. The highest BCUT2D eigenvalue weighted by Crippen LogP contribution is 2.30. The van der Waals surface area contributed by atoms with Crippen LogP contribution in [0.4, 0.5) is 5.82 Å². The van der Waals surface area contributed by atoms with Crippen LogP contribution in [0.3, 0.4) is 0 Å². The molecule has 0 saturated carbocycles. The van der Waals surface area contributed by atoms with Crippen LogP contribution < -0.4 is 15.2 Å². The number of carbonyl (C=O) groups excluding carboxylic acids is 2. The van der Waals surface area contributed by atoms with Gasteiger partial charge in [0, 0.05) is 6.20 Å². The van der Waals surface area contributed by atoms with Crippen LogP contribution in [-0.2, 0) is 9.59 Å². The molecular formula is C9H7N2O4-. The van der Waals surface area contributed by atoms with Gasteiger partial charge in [0.1, 0.15) is 0 Å². The third-order valence-electron chi connectivity index (χ3n) is 2.14. The number of amides is 1. The van der Waals surface area contributed by atoms with E-state index in [4.69, 9.17) is 4.74 Å². The maximum absolute atomic E-state index is 11.4. The number of pyridine rings is 1. The number of carbonyl (C=O) groups is 2. The summed E-state index contributed by atoms with van der Waals surface area (Å²) in [5, 5.41) is 13.1. The number of anilines is 1. The number of nitrogens with one attached hydrogen (secondary N) is 1. The van der Waals surface area contributed by atoms with Gasteiger partial charge in [-0.2, -0.15) is 0 Å². The molecule has 0 fully saturated rings. The monoisotopic (exact) mass is 207 g/mol. The molecule has 1 aliphatic heterocycles. The smallest absolute Gasteiger partial charge is 0.275 e. The average Bonchev–Trinajstić information content (AvgIpc) is 2.19. The first-order chi connectivity index (χ1) is 7.04. The number of carboxylic acid groups (broad SMARTS) is 1. The second-order valence-corrected chi connectivity index (χ2v) is 3.23. The molecule has 1 aliphatic rings. The summed E-state index contributed by atoms with van der Waals surface area (Å²) < 4.78 is 5.06. The van der Waals surface area contributed by atoms with Gasteiger partial charge < -0.3 is 20.0 Å². The Morgan fingerprint density at radius 2 is 2.40 bits per heavy atom. The molecule has 2 heterocycles. The predicted molar refractivity (Wildman–Crippen MR) is 46.9 cm³/mol. The van der Waals surface area contributed by atoms with E-state index in [0.29, 0.717) is 0 Å². The fourth-order valence-corrected chi connectivity index (χ4v) is 1.19. The molecule has 0 bridgehead atoms. The van der Waals surface area contributed by atoms with Gasteiger partial charge in [-0.3, -0.25) is 4.79 Å². The minimum Gasteiger partial charge on any atom is -0.545 e. The SMILES string of the molecule is C[C@]1(C(=O)[O-])Oc2cccnc2NC1=O. The molecule has 6 nitrogen and oxygen atoms in total. The van der Waals surface area contributed by atoms with Crippen LogP contribution >= 0.6 is 0 Å². The standard InChI is InChI=1S/C9H8N2O4/c1-9(8(13)14)7(12)11-6-5(15-9)3-2-4-10-6/h2-4H,1H3,(H,13,14)(H,10,11,12)/p-1/t9-/m0/s1. The van der Waals surface area contributed by atoms with Crippen LogP contribution in [0.25, 0.3) is 0 Å². The normalized spacial score (nSPS) is 23.7. The largest absolute Gasteiger partial charge is 0.545 e. The van der Waals surface area contributed by atoms with E-state index in [2.05, 4.69) is 10.3 Å². The third kappa shape index (κ3) is 1.30. The molecule has 78 valence electrons. The van der Waals surface area contributed by atoms with Crippen molar-refractivity contribution in [1.29, 1.82) is 0 Å². The molecule has 1 atom stereocenters. The summed E-state index contributed by atoms with van der Waals surface area (Å²) >= 11 is 0. The lowest BCUT2D eigenvalue weighted by atomic mass is 10.0. The van der Waals surface area contributed by atoms with E-state index in [0.717, 1.165) is 6.92 Å². The number of aliphatic carboxylic acids is 1. The molecule has 1 amide bonds. The van der Waals surface area contributed by atoms with Gasteiger partial charge in [-0.05, 0) is 19.1 Å². The lowest BCUT2D eigenvalue weighted by molar-refractivity contribution is -0.318. The van der Waals surface area contributed by atoms with E-state index < -0.39 is 17.5 Å². The molecule has 0 saturated heterocycles. The van der Waals surface area contributed by atoms with E-state index in [-0.39, 0.29) is 11.6 Å². The highest BCUT2D eigenvalue weighted by atomic mass is 16.5. The van der Waals surface area contributed by atoms with Crippen LogP contribution in [0.2, 0.25) is 0 Å². The molecule has 1 N–H and O–H groups in total. The molecule has 0 aromatic carbocycles. The molecule has 1 aromatic heterocycles. The number of rotatable bonds is 1. The van der Waals surface area contributed by atoms with E-state index in [1.165, 1.54) is 12.3 Å². The minimum absolute atomic E-state index is 0.209. The maximum atomic E-state index is 11.4. The van der Waals surface area contributed by atoms with Gasteiger partial charge in [0.05, 0.1) is 5.97 Å². The van der Waals surface area contributed by atoms with Gasteiger partial charge in [-0.25, -0.2) is 4.98 Å². The van der Waals surface area contributed by atoms with Crippen molar-refractivity contribution in [2.24, 2.45) is 0 Å². The van der Waals surface area contributed by atoms with Crippen LogP contribution in [0.5, 0.6) is 5.75 Å². The van der Waals surface area contributed by atoms with Gasteiger partial charge in [0.2, 0.25) is 5.60 Å². The third-order valence-corrected chi connectivity index (χ3v) is 2.14. The zero-order valence-electron chi connectivity index (χ0n) is 7.81. The Hall–Kier alpha value is -2.11. The van der Waals surface area contributed by atoms with Gasteiger partial charge in [0.15, 0.2) is 11.6 Å². The Labute approximate surface area is 84.9 Å². The number of carboxylic acids is 1. The van der Waals surface area contributed by atoms with Crippen molar-refractivity contribution in [3.05, 3.63) is 18.3 Å². The summed E-state index contributed by atoms with van der Waals surface area (Å²) in [5.74, 6) is -1.96. The first kappa shape index (κ1) is 9.45. The summed E-state index contributed by atoms with van der Waals surface area (Å²) in [6.45, 7) is 1.13. The van der Waals surface area contributed by atoms with Crippen LogP contribution in [0, 0.1) is 0 Å². The predicted octanol–water partition coefficient (Wildman–Crippen LogP) is -1.08. The van der Waals surface area contributed by atoms with Crippen LogP contribution in [-0.4, -0.2) is 22.5 Å². The lowest BCUT2D eigenvalue weighted by Crippen LogP contribution is -2.59. The minimum atomic E-state index is -2.00. The van der Waals surface area contributed by atoms with Gasteiger partial charge >= 0.3 is 0 Å². The highest BCUT2D eigenvalue weighted by molar-refractivity contribution is 6.12. The number of fused-ring (bicyclic) bond motifs is 1. The van der Waals surface area contributed by atoms with Crippen molar-refractivity contribution in [2.45, 2.75) is 12.5 Å². The van der Waals surface area contributed by atoms with E-state index in [9.17, 15) is 14.7 Å². The van der Waals surface area contributed by atoms with Gasteiger partial charge in [-0.15, -0.1) is 0 Å². The molecule has 0 aliphatic carbocycles. The fraction of sp³-hybridized carbons (Fsp3) is 0.222. The summed E-state index contributed by atoms with van der Waals surface area (Å²) in [7, 11) is 0. The summed E-state index contributed by atoms with van der Waals surface area (Å²) in [5.41, 5.74) is -2.00. The number of ether oxygens (including phenoxy) is 1. The number of hydrogen-bond acceptors (Lipinski definition) is 5. The first-order valence-corrected chi connectivity index (χ1v) is 4.21. The molecule has 0 spiro atoms. The first-order valence-electron chi connectivity index (χ1n) is 4.21. The molecule has 15 heavy (non-hydrogen) atoms. The van der Waals surface area contributed by atoms with Gasteiger partial charge in [-0.1, -0.05) is 0 Å². The van der Waals surface area contributed by atoms with Crippen molar-refractivity contribution in [2.75, 3.05) is 5.32 Å². The van der Waals surface area contributed by atoms with Crippen molar-refractivity contribution in [3.63, 3.8) is 0 Å². The summed E-state index contributed by atoms with van der Waals surface area (Å²) in [4.78, 5) is 26.0. The van der Waals surface area contributed by atoms with E-state index in [1.54, 1.807) is 6.07 Å². The zero-order valence-corrected chi connectivity index (χ0v) is 7.81. The molecule has 2 rings (SSSR count). The van der Waals surface area contributed by atoms with Crippen LogP contribution in [0.15, 0.2) is 18.3 Å². The lowest BCUT2D eigenvalue weighted by Gasteiger charge is -2.34. The fourth-order valence-electron chi connectivity index (χ4n) is 1.19. The molecular weight excluding hydrogens is 200 g/mol. The van der Waals surface area contributed by atoms with Crippen LogP contribution in [0.1, 0.15) is 6.92 Å². The van der Waals surface area contributed by atoms with Crippen molar-refractivity contribution < 1.29 is 19.4 Å². The number of nitrogens with zero attached hydrogens (tertiary/aromatic N) is 1. The zero-order chi connectivity index (χ0) is 11.1. The van der Waals surface area contributed by atoms with E-state index in [1.807, 2.05) is 0 Å². The second-order valence-electron chi connectivity index (χ2n) is 3.23. The topological polar surface area (TPSA) is 91.3 Å². The molecule has 0 unspecified atom stereocenters. The number of hydrogen-bond donors (Lipinski definition) is 1. The Bertz CT molecular complexity index is 445. The van der Waals surface area contributed by atoms with Crippen molar-refractivity contribution in [3.8, 4) is 5.75 Å². The summed E-state index contributed by atoms with van der Waals surface area (Å²) in [6, 6.07) is 3.09. The Morgan fingerprint density at radius 1 is 1.67 bits per heavy atom. The Kier molecular flexibility index (Phi) is 1.85. The molecule has 0 radical (unpaired) electrons. The van der Waals surface area contributed by atoms with E-state index >= 15 is 0 Å². The highest BCUT2D eigenvalue weighted by Gasteiger charge is 2.42. The van der Waals surface area contributed by atoms with Gasteiger partial charge in [0.25, 0.3) is 5.91 Å². The Morgan fingerprint density at radius 3 is 3.07 bits per heavy atom. The van der Waals surface area contributed by atoms with Crippen molar-refractivity contribution >= 4 is 17.7 Å². The number of aromatic nitrogens is 1. The quantitative estimate of drug-likeness (QED) is 0.591. The summed E-state index contributed by atoms with van der Waals surface area (Å²) in [6.07, 6.45) is 1.46. The van der Waals surface area contributed by atoms with Crippen molar-refractivity contribution in [1.82, 2.24) is 4.98 Å². The molecule has 6 heteroatoms. The maximum Gasteiger partial charge on any atom is 0.275 e. The second kappa shape index (κ2) is 2.94.